The van der Waals surface area contributed by atoms with Gasteiger partial charge in [0.15, 0.2) is 0 Å². The maximum absolute atomic E-state index is 5.71. The van der Waals surface area contributed by atoms with Crippen molar-refractivity contribution < 1.29 is 0 Å². The highest BCUT2D eigenvalue weighted by atomic mass is 32.1. The van der Waals surface area contributed by atoms with Crippen LogP contribution in [0.2, 0.25) is 0 Å². The zero-order chi connectivity index (χ0) is 14.5. The summed E-state index contributed by atoms with van der Waals surface area (Å²) in [5, 5.41) is 0. The first-order chi connectivity index (χ1) is 9.56. The van der Waals surface area contributed by atoms with Crippen LogP contribution in [0, 0.1) is 6.92 Å². The van der Waals surface area contributed by atoms with E-state index in [4.69, 9.17) is 18.0 Å². The summed E-state index contributed by atoms with van der Waals surface area (Å²) in [5.41, 5.74) is 10.1. The van der Waals surface area contributed by atoms with Crippen LogP contribution >= 0.6 is 12.2 Å². The minimum absolute atomic E-state index is 0.351. The molecule has 3 nitrogen and oxygen atoms in total. The maximum Gasteiger partial charge on any atom is 0.123 e. The molecule has 0 spiro atoms. The average molecular weight is 285 g/mol. The molecule has 1 heterocycles. The van der Waals surface area contributed by atoms with Crippen molar-refractivity contribution in [1.29, 1.82) is 0 Å². The molecule has 2 aromatic rings. The summed E-state index contributed by atoms with van der Waals surface area (Å²) in [6, 6.07) is 12.5. The molecule has 0 saturated heterocycles. The monoisotopic (exact) mass is 285 g/mol. The molecular weight excluding hydrogens is 266 g/mol. The fraction of sp³-hybridized carbons (Fsp3) is 0.250. The topological polar surface area (TPSA) is 42.2 Å². The highest BCUT2D eigenvalue weighted by molar-refractivity contribution is 7.80. The Bertz CT molecular complexity index is 593. The van der Waals surface area contributed by atoms with Gasteiger partial charge < -0.3 is 5.73 Å². The summed E-state index contributed by atoms with van der Waals surface area (Å²) in [6.45, 7) is 3.75. The van der Waals surface area contributed by atoms with Crippen molar-refractivity contribution in [2.45, 2.75) is 20.0 Å². The molecule has 2 rings (SSSR count). The van der Waals surface area contributed by atoms with Crippen molar-refractivity contribution in [3.8, 4) is 0 Å². The van der Waals surface area contributed by atoms with E-state index in [1.54, 1.807) is 6.20 Å². The summed E-state index contributed by atoms with van der Waals surface area (Å²) in [4.78, 5) is 6.83. The summed E-state index contributed by atoms with van der Waals surface area (Å²) >= 11 is 5.04. The Kier molecular flexibility index (Phi) is 4.82. The molecule has 0 aliphatic carbocycles. The number of hydrogen-bond donors (Lipinski definition) is 1. The molecule has 1 aromatic carbocycles. The van der Waals surface area contributed by atoms with Crippen LogP contribution in [0.4, 0.5) is 0 Å². The van der Waals surface area contributed by atoms with Gasteiger partial charge >= 0.3 is 0 Å². The third-order valence-electron chi connectivity index (χ3n) is 3.14. The van der Waals surface area contributed by atoms with Crippen molar-refractivity contribution in [2.75, 3.05) is 7.05 Å². The van der Waals surface area contributed by atoms with Gasteiger partial charge in [-0.05, 0) is 31.2 Å². The molecule has 0 radical (unpaired) electrons. The zero-order valence-corrected chi connectivity index (χ0v) is 12.7. The Balaban J connectivity index is 2.06. The van der Waals surface area contributed by atoms with Crippen molar-refractivity contribution in [3.63, 3.8) is 0 Å². The molecule has 0 saturated carbocycles. The van der Waals surface area contributed by atoms with E-state index in [0.717, 1.165) is 24.3 Å². The van der Waals surface area contributed by atoms with Crippen LogP contribution in [-0.2, 0) is 13.1 Å². The van der Waals surface area contributed by atoms with Crippen LogP contribution < -0.4 is 5.73 Å². The molecule has 0 atom stereocenters. The highest BCUT2D eigenvalue weighted by Gasteiger charge is 2.09. The molecule has 0 unspecified atom stereocenters. The first-order valence-electron chi connectivity index (χ1n) is 6.54. The summed E-state index contributed by atoms with van der Waals surface area (Å²) in [5.74, 6) is 0. The molecule has 20 heavy (non-hydrogen) atoms. The molecule has 0 bridgehead atoms. The van der Waals surface area contributed by atoms with E-state index in [9.17, 15) is 0 Å². The third kappa shape index (κ3) is 3.85. The Labute approximate surface area is 125 Å². The predicted molar refractivity (Wildman–Crippen MR) is 86.5 cm³/mol. The van der Waals surface area contributed by atoms with Gasteiger partial charge in [0.05, 0.1) is 0 Å². The number of nitrogens with zero attached hydrogens (tertiary/aromatic N) is 2. The number of aryl methyl sites for hydroxylation is 1. The minimum Gasteiger partial charge on any atom is -0.388 e. The fourth-order valence-corrected chi connectivity index (χ4v) is 2.32. The number of rotatable bonds is 5. The SMILES string of the molecule is Cc1ccc(CN(C)Cc2cccnc2C(N)=S)cc1. The van der Waals surface area contributed by atoms with Gasteiger partial charge in [0, 0.05) is 19.3 Å². The Morgan fingerprint density at radius 3 is 2.55 bits per heavy atom. The van der Waals surface area contributed by atoms with Gasteiger partial charge in [0.25, 0.3) is 0 Å². The molecule has 0 aliphatic heterocycles. The second-order valence-electron chi connectivity index (χ2n) is 5.03. The van der Waals surface area contributed by atoms with Crippen molar-refractivity contribution >= 4 is 17.2 Å². The molecule has 2 N–H and O–H groups in total. The van der Waals surface area contributed by atoms with E-state index >= 15 is 0 Å². The van der Waals surface area contributed by atoms with Crippen LogP contribution in [0.15, 0.2) is 42.6 Å². The van der Waals surface area contributed by atoms with Crippen LogP contribution in [0.25, 0.3) is 0 Å². The second kappa shape index (κ2) is 6.59. The Hall–Kier alpha value is -1.78. The minimum atomic E-state index is 0.351. The van der Waals surface area contributed by atoms with Crippen molar-refractivity contribution in [3.05, 3.63) is 65.0 Å². The molecule has 0 amide bonds. The lowest BCUT2D eigenvalue weighted by molar-refractivity contribution is 0.318. The van der Waals surface area contributed by atoms with E-state index < -0.39 is 0 Å². The van der Waals surface area contributed by atoms with E-state index in [1.165, 1.54) is 11.1 Å². The first-order valence-corrected chi connectivity index (χ1v) is 6.95. The normalized spacial score (nSPS) is 10.8. The molecule has 4 heteroatoms. The quantitative estimate of drug-likeness (QED) is 0.858. The molecule has 0 aliphatic rings. The molecule has 0 fully saturated rings. The Morgan fingerprint density at radius 1 is 1.20 bits per heavy atom. The van der Waals surface area contributed by atoms with Gasteiger partial charge in [0.1, 0.15) is 10.7 Å². The van der Waals surface area contributed by atoms with Gasteiger partial charge in [0.2, 0.25) is 0 Å². The first kappa shape index (κ1) is 14.6. The van der Waals surface area contributed by atoms with Gasteiger partial charge in [-0.1, -0.05) is 48.1 Å². The zero-order valence-electron chi connectivity index (χ0n) is 11.8. The number of benzene rings is 1. The number of aromatic nitrogens is 1. The van der Waals surface area contributed by atoms with Gasteiger partial charge in [-0.25, -0.2) is 0 Å². The number of nitrogens with two attached hydrogens (primary N) is 1. The third-order valence-corrected chi connectivity index (χ3v) is 3.33. The Morgan fingerprint density at radius 2 is 1.90 bits per heavy atom. The van der Waals surface area contributed by atoms with Gasteiger partial charge in [-0.3, -0.25) is 9.88 Å². The van der Waals surface area contributed by atoms with E-state index in [1.807, 2.05) is 12.1 Å². The van der Waals surface area contributed by atoms with Crippen molar-refractivity contribution in [2.24, 2.45) is 5.73 Å². The van der Waals surface area contributed by atoms with Crippen molar-refractivity contribution in [1.82, 2.24) is 9.88 Å². The van der Waals surface area contributed by atoms with Crippen LogP contribution in [0.1, 0.15) is 22.4 Å². The number of pyridine rings is 1. The number of thiocarbonyl (C=S) groups is 1. The fourth-order valence-electron chi connectivity index (χ4n) is 2.14. The van der Waals surface area contributed by atoms with E-state index in [0.29, 0.717) is 4.99 Å². The van der Waals surface area contributed by atoms with E-state index in [2.05, 4.69) is 48.1 Å². The molecular formula is C16H19N3S. The smallest absolute Gasteiger partial charge is 0.123 e. The number of hydrogen-bond acceptors (Lipinski definition) is 3. The van der Waals surface area contributed by atoms with Gasteiger partial charge in [-0.15, -0.1) is 0 Å². The van der Waals surface area contributed by atoms with Crippen LogP contribution in [0.3, 0.4) is 0 Å². The largest absolute Gasteiger partial charge is 0.388 e. The summed E-state index contributed by atoms with van der Waals surface area (Å²) in [6.07, 6.45) is 1.72. The summed E-state index contributed by atoms with van der Waals surface area (Å²) in [7, 11) is 2.08. The molecule has 104 valence electrons. The highest BCUT2D eigenvalue weighted by Crippen LogP contribution is 2.11. The molecule has 1 aromatic heterocycles. The second-order valence-corrected chi connectivity index (χ2v) is 5.47. The van der Waals surface area contributed by atoms with Crippen LogP contribution in [0.5, 0.6) is 0 Å². The van der Waals surface area contributed by atoms with Gasteiger partial charge in [-0.2, -0.15) is 0 Å². The predicted octanol–water partition coefficient (Wildman–Crippen LogP) is 2.66. The average Bonchev–Trinajstić information content (AvgIpc) is 2.41. The lowest BCUT2D eigenvalue weighted by Gasteiger charge is -2.18. The maximum atomic E-state index is 5.71. The lowest BCUT2D eigenvalue weighted by atomic mass is 10.1. The van der Waals surface area contributed by atoms with Crippen LogP contribution in [-0.4, -0.2) is 21.9 Å². The van der Waals surface area contributed by atoms with E-state index in [-0.39, 0.29) is 0 Å². The standard InChI is InChI=1S/C16H19N3S/c1-12-5-7-13(8-6-12)10-19(2)11-14-4-3-9-18-15(14)16(17)20/h3-9H,10-11H2,1-2H3,(H2,17,20). The lowest BCUT2D eigenvalue weighted by Crippen LogP contribution is -2.21. The summed E-state index contributed by atoms with van der Waals surface area (Å²) < 4.78 is 0.